The average Bonchev–Trinajstić information content (AvgIpc) is 2.63. The summed E-state index contributed by atoms with van der Waals surface area (Å²) >= 11 is 0. The highest BCUT2D eigenvalue weighted by Gasteiger charge is 2.13. The van der Waals surface area contributed by atoms with E-state index in [0.717, 1.165) is 10.8 Å². The summed E-state index contributed by atoms with van der Waals surface area (Å²) in [5, 5.41) is 2.63. The SMILES string of the molecule is O=c1c2oc3cc4ccccc4cc3oc=2c(=O)c2ccccc12. The average molecular weight is 314 g/mol. The second kappa shape index (κ2) is 4.55. The largest absolute Gasteiger partial charge is 0.445 e. The van der Waals surface area contributed by atoms with E-state index in [1.54, 1.807) is 24.3 Å². The van der Waals surface area contributed by atoms with Crippen molar-refractivity contribution in [1.82, 2.24) is 0 Å². The third kappa shape index (κ3) is 1.68. The fourth-order valence-electron chi connectivity index (χ4n) is 3.09. The van der Waals surface area contributed by atoms with Gasteiger partial charge in [0.15, 0.2) is 11.2 Å². The predicted molar refractivity (Wildman–Crippen MR) is 91.3 cm³/mol. The van der Waals surface area contributed by atoms with E-state index < -0.39 is 0 Å². The zero-order chi connectivity index (χ0) is 16.3. The summed E-state index contributed by atoms with van der Waals surface area (Å²) in [5.41, 5.74) is 0.127. The third-order valence-corrected chi connectivity index (χ3v) is 4.27. The van der Waals surface area contributed by atoms with Crippen LogP contribution in [0.1, 0.15) is 0 Å². The Labute approximate surface area is 134 Å². The summed E-state index contributed by atoms with van der Waals surface area (Å²) in [4.78, 5) is 25.3. The van der Waals surface area contributed by atoms with Crippen molar-refractivity contribution in [2.45, 2.75) is 0 Å². The summed E-state index contributed by atoms with van der Waals surface area (Å²) in [6.45, 7) is 0. The molecule has 0 saturated carbocycles. The molecule has 0 saturated heterocycles. The Morgan fingerprint density at radius 1 is 0.583 bits per heavy atom. The molecule has 3 aromatic rings. The lowest BCUT2D eigenvalue weighted by Gasteiger charge is -2.02. The Bertz CT molecular complexity index is 1330. The Hall–Kier alpha value is -3.40. The van der Waals surface area contributed by atoms with Crippen LogP contribution in [0.4, 0.5) is 0 Å². The molecule has 0 unspecified atom stereocenters. The van der Waals surface area contributed by atoms with Gasteiger partial charge < -0.3 is 8.83 Å². The minimum absolute atomic E-state index is 0.0403. The minimum atomic E-state index is -0.334. The molecule has 5 rings (SSSR count). The maximum atomic E-state index is 12.7. The molecule has 114 valence electrons. The lowest BCUT2D eigenvalue weighted by Crippen LogP contribution is -2.14. The highest BCUT2D eigenvalue weighted by molar-refractivity contribution is 5.93. The summed E-state index contributed by atoms with van der Waals surface area (Å²) in [7, 11) is 0. The molecule has 0 fully saturated rings. The molecule has 1 heterocycles. The summed E-state index contributed by atoms with van der Waals surface area (Å²) < 4.78 is 11.5. The molecule has 3 aromatic carbocycles. The molecular weight excluding hydrogens is 304 g/mol. The number of hydrogen-bond acceptors (Lipinski definition) is 4. The molecule has 1 aliphatic heterocycles. The van der Waals surface area contributed by atoms with Crippen molar-refractivity contribution in [2.24, 2.45) is 0 Å². The molecule has 0 aromatic heterocycles. The van der Waals surface area contributed by atoms with E-state index in [4.69, 9.17) is 8.83 Å². The third-order valence-electron chi connectivity index (χ3n) is 4.27. The molecule has 0 radical (unpaired) electrons. The van der Waals surface area contributed by atoms with Crippen molar-refractivity contribution in [2.75, 3.05) is 0 Å². The van der Waals surface area contributed by atoms with Gasteiger partial charge in [-0.1, -0.05) is 48.5 Å². The van der Waals surface area contributed by atoms with Crippen LogP contribution in [0, 0.1) is 10.8 Å². The van der Waals surface area contributed by atoms with Gasteiger partial charge in [-0.05, 0) is 22.9 Å². The minimum Gasteiger partial charge on any atom is -0.445 e. The van der Waals surface area contributed by atoms with Crippen molar-refractivity contribution < 1.29 is 8.83 Å². The first-order valence-electron chi connectivity index (χ1n) is 7.53. The van der Waals surface area contributed by atoms with Crippen LogP contribution >= 0.6 is 0 Å². The second-order valence-electron chi connectivity index (χ2n) is 5.71. The monoisotopic (exact) mass is 314 g/mol. The van der Waals surface area contributed by atoms with Gasteiger partial charge in [-0.2, -0.15) is 0 Å². The molecule has 0 bridgehead atoms. The standard InChI is InChI=1S/C20H10O4/c21-17-13-7-3-4-8-14(13)18(22)20-19(17)23-15-9-11-5-1-2-6-12(11)10-16(15)24-20/h1-10H. The van der Waals surface area contributed by atoms with Crippen molar-refractivity contribution in [3.05, 3.63) is 91.9 Å². The van der Waals surface area contributed by atoms with Crippen LogP contribution < -0.4 is 10.9 Å². The van der Waals surface area contributed by atoms with Gasteiger partial charge in [0, 0.05) is 10.8 Å². The molecule has 24 heavy (non-hydrogen) atoms. The van der Waals surface area contributed by atoms with Crippen molar-refractivity contribution in [1.29, 1.82) is 0 Å². The van der Waals surface area contributed by atoms with Gasteiger partial charge in [-0.15, -0.1) is 0 Å². The van der Waals surface area contributed by atoms with E-state index in [-0.39, 0.29) is 21.7 Å². The van der Waals surface area contributed by atoms with Crippen molar-refractivity contribution in [3.63, 3.8) is 0 Å². The number of benzene rings is 3. The Morgan fingerprint density at radius 3 is 1.46 bits per heavy atom. The number of fused-ring (bicyclic) bond motifs is 3. The highest BCUT2D eigenvalue weighted by Crippen LogP contribution is 2.23. The van der Waals surface area contributed by atoms with Crippen molar-refractivity contribution >= 4 is 32.7 Å². The van der Waals surface area contributed by atoms with E-state index in [1.165, 1.54) is 0 Å². The van der Waals surface area contributed by atoms with E-state index in [9.17, 15) is 9.59 Å². The van der Waals surface area contributed by atoms with E-state index in [1.807, 2.05) is 36.4 Å². The summed E-state index contributed by atoms with van der Waals surface area (Å²) in [6, 6.07) is 18.1. The smallest absolute Gasteiger partial charge is 0.233 e. The first-order valence-corrected chi connectivity index (χ1v) is 7.53. The highest BCUT2D eigenvalue weighted by atomic mass is 16.4. The van der Waals surface area contributed by atoms with Gasteiger partial charge in [0.25, 0.3) is 0 Å². The van der Waals surface area contributed by atoms with Gasteiger partial charge in [-0.3, -0.25) is 9.59 Å². The molecular formula is C20H10O4. The fraction of sp³-hybridized carbons (Fsp3) is 0. The molecule has 4 nitrogen and oxygen atoms in total. The number of hydrogen-bond donors (Lipinski definition) is 0. The normalized spacial score (nSPS) is 11.7. The van der Waals surface area contributed by atoms with Crippen LogP contribution in [-0.4, -0.2) is 0 Å². The Kier molecular flexibility index (Phi) is 2.48. The topological polar surface area (TPSA) is 60.4 Å². The molecule has 0 N–H and O–H groups in total. The van der Waals surface area contributed by atoms with E-state index >= 15 is 0 Å². The van der Waals surface area contributed by atoms with Gasteiger partial charge >= 0.3 is 0 Å². The first-order chi connectivity index (χ1) is 11.7. The van der Waals surface area contributed by atoms with Crippen LogP contribution in [0.2, 0.25) is 0 Å². The van der Waals surface area contributed by atoms with Crippen molar-refractivity contribution in [3.8, 4) is 0 Å². The number of rotatable bonds is 0. The molecule has 0 amide bonds. The van der Waals surface area contributed by atoms with E-state index in [0.29, 0.717) is 21.9 Å². The fourth-order valence-corrected chi connectivity index (χ4v) is 3.09. The lowest BCUT2D eigenvalue weighted by molar-refractivity contribution is 0.467. The Morgan fingerprint density at radius 2 is 1.00 bits per heavy atom. The van der Waals surface area contributed by atoms with Gasteiger partial charge in [-0.25, -0.2) is 0 Å². The molecule has 0 spiro atoms. The first kappa shape index (κ1) is 13.1. The van der Waals surface area contributed by atoms with Crippen LogP contribution in [0.25, 0.3) is 32.7 Å². The quantitative estimate of drug-likeness (QED) is 0.436. The maximum Gasteiger partial charge on any atom is 0.233 e. The van der Waals surface area contributed by atoms with E-state index in [2.05, 4.69) is 0 Å². The molecule has 4 heteroatoms. The summed E-state index contributed by atoms with van der Waals surface area (Å²) in [6.07, 6.45) is 0. The molecule has 2 aliphatic rings. The van der Waals surface area contributed by atoms with Gasteiger partial charge in [0.05, 0.1) is 0 Å². The van der Waals surface area contributed by atoms with Crippen LogP contribution in [0.3, 0.4) is 0 Å². The molecule has 1 aliphatic carbocycles. The lowest BCUT2D eigenvalue weighted by atomic mass is 10.1. The zero-order valence-electron chi connectivity index (χ0n) is 12.4. The van der Waals surface area contributed by atoms with Gasteiger partial charge in [0.2, 0.25) is 21.7 Å². The Balaban J connectivity index is 2.10. The second-order valence-corrected chi connectivity index (χ2v) is 5.71. The van der Waals surface area contributed by atoms with Gasteiger partial charge in [0.1, 0.15) is 0 Å². The van der Waals surface area contributed by atoms with Crippen LogP contribution in [-0.2, 0) is 0 Å². The predicted octanol–water partition coefficient (Wildman–Crippen LogP) is 3.78. The van der Waals surface area contributed by atoms with Crippen LogP contribution in [0.15, 0.2) is 79.1 Å². The zero-order valence-corrected chi connectivity index (χ0v) is 12.4. The molecule has 0 atom stereocenters. The van der Waals surface area contributed by atoms with Crippen LogP contribution in [0.5, 0.6) is 0 Å². The maximum absolute atomic E-state index is 12.7. The summed E-state index contributed by atoms with van der Waals surface area (Å²) in [5.74, 6) is 0.